The minimum Gasteiger partial charge on any atom is -0.385 e. The monoisotopic (exact) mass is 250 g/mol. The number of primary amides is 1. The van der Waals surface area contributed by atoms with Crippen LogP contribution in [-0.2, 0) is 4.79 Å². The number of pyridine rings is 1. The van der Waals surface area contributed by atoms with Crippen LogP contribution in [0.25, 0.3) is 0 Å². The van der Waals surface area contributed by atoms with E-state index in [1.54, 1.807) is 0 Å². The van der Waals surface area contributed by atoms with E-state index in [4.69, 9.17) is 28.9 Å². The average molecular weight is 251 g/mol. The van der Waals surface area contributed by atoms with E-state index in [1.165, 1.54) is 12.3 Å². The second-order valence-electron chi connectivity index (χ2n) is 2.83. The smallest absolute Gasteiger partial charge is 0.249 e. The lowest BCUT2D eigenvalue weighted by Gasteiger charge is -2.15. The van der Waals surface area contributed by atoms with Crippen molar-refractivity contribution in [3.8, 4) is 0 Å². The van der Waals surface area contributed by atoms with Gasteiger partial charge < -0.3 is 15.9 Å². The number of amides is 1. The van der Waals surface area contributed by atoms with Crippen LogP contribution < -0.4 is 5.73 Å². The van der Waals surface area contributed by atoms with Crippen molar-refractivity contribution in [2.24, 2.45) is 5.73 Å². The molecule has 1 amide bonds. The molecule has 82 valence electrons. The fourth-order valence-corrected chi connectivity index (χ4v) is 1.35. The Morgan fingerprint density at radius 2 is 2.07 bits per heavy atom. The molecule has 1 rings (SSSR count). The topological polar surface area (TPSA) is 96.4 Å². The van der Waals surface area contributed by atoms with Gasteiger partial charge in [0.05, 0.1) is 5.02 Å². The van der Waals surface area contributed by atoms with Gasteiger partial charge >= 0.3 is 0 Å². The summed E-state index contributed by atoms with van der Waals surface area (Å²) in [5.41, 5.74) is 4.87. The molecule has 0 fully saturated rings. The molecule has 0 radical (unpaired) electrons. The third kappa shape index (κ3) is 2.79. The molecule has 2 atom stereocenters. The fourth-order valence-electron chi connectivity index (χ4n) is 0.971. The molecule has 0 aliphatic carbocycles. The molecule has 2 unspecified atom stereocenters. The molecule has 1 aromatic rings. The Morgan fingerprint density at radius 1 is 1.47 bits per heavy atom. The van der Waals surface area contributed by atoms with Gasteiger partial charge in [-0.15, -0.1) is 0 Å². The molecule has 1 heterocycles. The molecule has 15 heavy (non-hydrogen) atoms. The van der Waals surface area contributed by atoms with Crippen LogP contribution in [0.1, 0.15) is 11.7 Å². The van der Waals surface area contributed by atoms with Crippen LogP contribution in [0.5, 0.6) is 0 Å². The van der Waals surface area contributed by atoms with Gasteiger partial charge in [-0.1, -0.05) is 23.2 Å². The van der Waals surface area contributed by atoms with E-state index in [0.29, 0.717) is 0 Å². The van der Waals surface area contributed by atoms with E-state index in [-0.39, 0.29) is 15.7 Å². The molecule has 0 spiro atoms. The van der Waals surface area contributed by atoms with Crippen LogP contribution in [0, 0.1) is 0 Å². The highest BCUT2D eigenvalue weighted by atomic mass is 35.5. The van der Waals surface area contributed by atoms with Crippen LogP contribution >= 0.6 is 23.2 Å². The first-order valence-corrected chi connectivity index (χ1v) is 4.65. The highest BCUT2D eigenvalue weighted by Crippen LogP contribution is 2.26. The number of carbonyl (C=O) groups excluding carboxylic acids is 1. The summed E-state index contributed by atoms with van der Waals surface area (Å²) in [6.45, 7) is 0. The summed E-state index contributed by atoms with van der Waals surface area (Å²) in [4.78, 5) is 14.3. The first kappa shape index (κ1) is 12.2. The zero-order valence-electron chi connectivity index (χ0n) is 7.39. The van der Waals surface area contributed by atoms with Crippen molar-refractivity contribution < 1.29 is 15.0 Å². The predicted octanol–water partition coefficient (Wildman–Crippen LogP) is 0.268. The van der Waals surface area contributed by atoms with Gasteiger partial charge in [-0.25, -0.2) is 4.98 Å². The van der Waals surface area contributed by atoms with Crippen molar-refractivity contribution in [3.05, 3.63) is 28.0 Å². The van der Waals surface area contributed by atoms with E-state index in [9.17, 15) is 15.0 Å². The van der Waals surface area contributed by atoms with Gasteiger partial charge in [-0.3, -0.25) is 4.79 Å². The van der Waals surface area contributed by atoms with Gasteiger partial charge in [0.1, 0.15) is 11.3 Å². The lowest BCUT2D eigenvalue weighted by Crippen LogP contribution is -2.34. The third-order valence-corrected chi connectivity index (χ3v) is 2.26. The summed E-state index contributed by atoms with van der Waals surface area (Å²) in [5.74, 6) is -1.06. The lowest BCUT2D eigenvalue weighted by atomic mass is 10.1. The molecular formula is C8H8Cl2N2O3. The summed E-state index contributed by atoms with van der Waals surface area (Å²) in [6.07, 6.45) is -2.01. The average Bonchev–Trinajstić information content (AvgIpc) is 2.19. The van der Waals surface area contributed by atoms with Crippen LogP contribution in [-0.4, -0.2) is 27.2 Å². The maximum atomic E-state index is 10.6. The zero-order valence-corrected chi connectivity index (χ0v) is 8.90. The third-order valence-electron chi connectivity index (χ3n) is 1.74. The zero-order chi connectivity index (χ0) is 11.6. The highest BCUT2D eigenvalue weighted by Gasteiger charge is 2.25. The normalized spacial score (nSPS) is 14.7. The molecule has 0 aromatic carbocycles. The maximum Gasteiger partial charge on any atom is 0.249 e. The number of hydrogen-bond acceptors (Lipinski definition) is 4. The molecule has 0 saturated heterocycles. The van der Waals surface area contributed by atoms with Gasteiger partial charge in [0.25, 0.3) is 0 Å². The summed E-state index contributed by atoms with van der Waals surface area (Å²) in [7, 11) is 0. The molecule has 0 aliphatic heterocycles. The van der Waals surface area contributed by atoms with E-state index >= 15 is 0 Å². The number of nitrogens with zero attached hydrogens (tertiary/aromatic N) is 1. The van der Waals surface area contributed by atoms with Crippen LogP contribution in [0.2, 0.25) is 10.2 Å². The van der Waals surface area contributed by atoms with Crippen LogP contribution in [0.3, 0.4) is 0 Å². The van der Waals surface area contributed by atoms with E-state index in [2.05, 4.69) is 4.98 Å². The van der Waals surface area contributed by atoms with E-state index in [0.717, 1.165) is 0 Å². The second-order valence-corrected chi connectivity index (χ2v) is 3.62. The molecule has 7 heteroatoms. The summed E-state index contributed by atoms with van der Waals surface area (Å²) >= 11 is 11.3. The number of nitrogens with two attached hydrogens (primary N) is 1. The minimum atomic E-state index is -1.75. The van der Waals surface area contributed by atoms with Gasteiger partial charge in [0, 0.05) is 11.8 Å². The Hall–Kier alpha value is -0.880. The number of carbonyl (C=O) groups is 1. The van der Waals surface area contributed by atoms with Gasteiger partial charge in [-0.05, 0) is 6.07 Å². The molecule has 0 bridgehead atoms. The first-order valence-electron chi connectivity index (χ1n) is 3.90. The molecule has 4 N–H and O–H groups in total. The molecule has 0 saturated carbocycles. The molecule has 0 aliphatic rings. The SMILES string of the molecule is NC(=O)C(O)C(O)c1cc(Cl)cnc1Cl. The van der Waals surface area contributed by atoms with Crippen molar-refractivity contribution in [2.45, 2.75) is 12.2 Å². The maximum absolute atomic E-state index is 10.6. The van der Waals surface area contributed by atoms with Gasteiger partial charge in [-0.2, -0.15) is 0 Å². The number of hydrogen-bond donors (Lipinski definition) is 3. The quantitative estimate of drug-likeness (QED) is 0.671. The summed E-state index contributed by atoms with van der Waals surface area (Å²) in [5, 5.41) is 18.9. The van der Waals surface area contributed by atoms with Gasteiger partial charge in [0.2, 0.25) is 5.91 Å². The Labute approximate surface area is 95.4 Å². The number of aromatic nitrogens is 1. The van der Waals surface area contributed by atoms with Crippen molar-refractivity contribution in [1.29, 1.82) is 0 Å². The van der Waals surface area contributed by atoms with Crippen LogP contribution in [0.4, 0.5) is 0 Å². The van der Waals surface area contributed by atoms with Crippen molar-refractivity contribution in [3.63, 3.8) is 0 Å². The highest BCUT2D eigenvalue weighted by molar-refractivity contribution is 6.32. The standard InChI is InChI=1S/C8H8Cl2N2O3/c9-3-1-4(7(10)12-2-3)5(13)6(14)8(11)15/h1-2,5-6,13-14H,(H2,11,15). The fraction of sp³-hybridized carbons (Fsp3) is 0.250. The van der Waals surface area contributed by atoms with E-state index < -0.39 is 18.1 Å². The molecular weight excluding hydrogens is 243 g/mol. The number of aliphatic hydroxyl groups is 2. The Kier molecular flexibility index (Phi) is 3.87. The number of halogens is 2. The van der Waals surface area contributed by atoms with Crippen LogP contribution in [0.15, 0.2) is 12.3 Å². The van der Waals surface area contributed by atoms with Crippen molar-refractivity contribution in [1.82, 2.24) is 4.98 Å². The molecule has 5 nitrogen and oxygen atoms in total. The largest absolute Gasteiger partial charge is 0.385 e. The Balaban J connectivity index is 3.04. The number of rotatable bonds is 3. The summed E-state index contributed by atoms with van der Waals surface area (Å²) in [6, 6.07) is 1.30. The van der Waals surface area contributed by atoms with Gasteiger partial charge in [0.15, 0.2) is 6.10 Å². The molecule has 1 aromatic heterocycles. The van der Waals surface area contributed by atoms with E-state index in [1.807, 2.05) is 0 Å². The minimum absolute atomic E-state index is 0.0489. The Bertz CT molecular complexity index is 386. The summed E-state index contributed by atoms with van der Waals surface area (Å²) < 4.78 is 0. The Morgan fingerprint density at radius 3 is 2.60 bits per heavy atom. The predicted molar refractivity (Wildman–Crippen MR) is 54.4 cm³/mol. The van der Waals surface area contributed by atoms with Crippen molar-refractivity contribution in [2.75, 3.05) is 0 Å². The second kappa shape index (κ2) is 4.76. The lowest BCUT2D eigenvalue weighted by molar-refractivity contribution is -0.131. The first-order chi connectivity index (χ1) is 6.93. The van der Waals surface area contributed by atoms with Crippen molar-refractivity contribution >= 4 is 29.1 Å². The number of aliphatic hydroxyl groups excluding tert-OH is 2.